The van der Waals surface area contributed by atoms with Crippen LogP contribution < -0.4 is 5.32 Å². The van der Waals surface area contributed by atoms with Gasteiger partial charge >= 0.3 is 0 Å². The van der Waals surface area contributed by atoms with Gasteiger partial charge < -0.3 is 5.32 Å². The Kier molecular flexibility index (Phi) is 6.57. The van der Waals surface area contributed by atoms with E-state index in [0.717, 1.165) is 24.8 Å². The van der Waals surface area contributed by atoms with E-state index in [9.17, 15) is 14.9 Å². The molecule has 1 rings (SSSR count). The zero-order valence-electron chi connectivity index (χ0n) is 10.8. The van der Waals surface area contributed by atoms with Crippen molar-refractivity contribution in [3.63, 3.8) is 0 Å². The Labute approximate surface area is 113 Å². The fourth-order valence-corrected chi connectivity index (χ4v) is 1.56. The minimum Gasteiger partial charge on any atom is -0.356 e. The van der Waals surface area contributed by atoms with Crippen LogP contribution in [0.2, 0.25) is 0 Å². The SMILES string of the molecule is [CH2]CCC[CH]C(=O)NCCc1ccc([N+](=O)[O-])cc1. The van der Waals surface area contributed by atoms with Crippen molar-refractivity contribution >= 4 is 11.6 Å². The van der Waals surface area contributed by atoms with Gasteiger partial charge in [-0.2, -0.15) is 0 Å². The predicted octanol–water partition coefficient (Wildman–Crippen LogP) is 2.46. The third-order valence-electron chi connectivity index (χ3n) is 2.64. The summed E-state index contributed by atoms with van der Waals surface area (Å²) in [7, 11) is 0. The Balaban J connectivity index is 2.25. The van der Waals surface area contributed by atoms with Crippen LogP contribution in [-0.4, -0.2) is 17.4 Å². The summed E-state index contributed by atoms with van der Waals surface area (Å²) >= 11 is 0. The summed E-state index contributed by atoms with van der Waals surface area (Å²) in [6, 6.07) is 6.35. The molecule has 0 fully saturated rings. The highest BCUT2D eigenvalue weighted by Crippen LogP contribution is 2.11. The summed E-state index contributed by atoms with van der Waals surface area (Å²) in [5.41, 5.74) is 1.04. The van der Waals surface area contributed by atoms with Gasteiger partial charge in [-0.3, -0.25) is 14.9 Å². The lowest BCUT2D eigenvalue weighted by molar-refractivity contribution is -0.384. The van der Waals surface area contributed by atoms with Crippen molar-refractivity contribution in [3.05, 3.63) is 53.3 Å². The molecule has 1 amide bonds. The molecular formula is C14H18N2O3. The van der Waals surface area contributed by atoms with E-state index in [0.29, 0.717) is 13.0 Å². The van der Waals surface area contributed by atoms with E-state index in [4.69, 9.17) is 0 Å². The molecule has 0 bridgehead atoms. The molecular weight excluding hydrogens is 244 g/mol. The van der Waals surface area contributed by atoms with Crippen molar-refractivity contribution in [2.45, 2.75) is 25.7 Å². The number of carbonyl (C=O) groups excluding carboxylic acids is 1. The van der Waals surface area contributed by atoms with Gasteiger partial charge in [0, 0.05) is 25.1 Å². The van der Waals surface area contributed by atoms with Gasteiger partial charge in [-0.25, -0.2) is 0 Å². The lowest BCUT2D eigenvalue weighted by Gasteiger charge is -2.04. The number of carbonyl (C=O) groups is 1. The summed E-state index contributed by atoms with van der Waals surface area (Å²) in [6.07, 6.45) is 4.77. The summed E-state index contributed by atoms with van der Waals surface area (Å²) < 4.78 is 0. The molecule has 0 saturated carbocycles. The minimum atomic E-state index is -0.427. The molecule has 0 heterocycles. The van der Waals surface area contributed by atoms with Crippen molar-refractivity contribution in [1.29, 1.82) is 0 Å². The quantitative estimate of drug-likeness (QED) is 0.444. The summed E-state index contributed by atoms with van der Waals surface area (Å²) in [4.78, 5) is 21.4. The number of hydrogen-bond acceptors (Lipinski definition) is 3. The number of rotatable bonds is 8. The third kappa shape index (κ3) is 5.99. The largest absolute Gasteiger partial charge is 0.356 e. The van der Waals surface area contributed by atoms with Crippen LogP contribution in [0.1, 0.15) is 24.8 Å². The highest BCUT2D eigenvalue weighted by Gasteiger charge is 2.04. The molecule has 19 heavy (non-hydrogen) atoms. The average molecular weight is 262 g/mol. The van der Waals surface area contributed by atoms with Crippen molar-refractivity contribution < 1.29 is 9.72 Å². The standard InChI is InChI=1S/C14H18N2O3/c1-2-3-4-5-14(17)15-11-10-12-6-8-13(9-7-12)16(18)19/h5-9H,1-4,10-11H2,(H,15,17). The van der Waals surface area contributed by atoms with E-state index in [2.05, 4.69) is 12.2 Å². The lowest BCUT2D eigenvalue weighted by atomic mass is 10.1. The van der Waals surface area contributed by atoms with Gasteiger partial charge in [0.25, 0.3) is 5.69 Å². The first kappa shape index (κ1) is 15.1. The molecule has 0 atom stereocenters. The Bertz CT molecular complexity index is 415. The average Bonchev–Trinajstić information content (AvgIpc) is 2.39. The maximum absolute atomic E-state index is 11.4. The lowest BCUT2D eigenvalue weighted by Crippen LogP contribution is -2.25. The molecule has 0 aromatic heterocycles. The monoisotopic (exact) mass is 262 g/mol. The van der Waals surface area contributed by atoms with Crippen LogP contribution in [0.3, 0.4) is 0 Å². The Morgan fingerprint density at radius 1 is 1.37 bits per heavy atom. The molecule has 0 aliphatic carbocycles. The first-order valence-electron chi connectivity index (χ1n) is 6.27. The second-order valence-electron chi connectivity index (χ2n) is 4.16. The van der Waals surface area contributed by atoms with E-state index in [1.165, 1.54) is 12.1 Å². The van der Waals surface area contributed by atoms with Crippen molar-refractivity contribution in [2.75, 3.05) is 6.54 Å². The van der Waals surface area contributed by atoms with E-state index < -0.39 is 4.92 Å². The molecule has 0 aliphatic rings. The fraction of sp³-hybridized carbons (Fsp3) is 0.357. The van der Waals surface area contributed by atoms with E-state index in [1.807, 2.05) is 0 Å². The highest BCUT2D eigenvalue weighted by molar-refractivity contribution is 5.84. The van der Waals surface area contributed by atoms with E-state index in [-0.39, 0.29) is 11.6 Å². The van der Waals surface area contributed by atoms with Gasteiger partial charge in [-0.1, -0.05) is 31.9 Å². The van der Waals surface area contributed by atoms with Crippen LogP contribution >= 0.6 is 0 Å². The maximum Gasteiger partial charge on any atom is 0.269 e. The van der Waals surface area contributed by atoms with Gasteiger partial charge in [0.05, 0.1) is 4.92 Å². The Hall–Kier alpha value is -1.91. The summed E-state index contributed by atoms with van der Waals surface area (Å²) in [5.74, 6) is -0.0737. The molecule has 0 saturated heterocycles. The predicted molar refractivity (Wildman–Crippen MR) is 73.3 cm³/mol. The van der Waals surface area contributed by atoms with Crippen LogP contribution in [0, 0.1) is 23.5 Å². The number of nitro benzene ring substituents is 1. The molecule has 0 spiro atoms. The molecule has 1 aromatic carbocycles. The highest BCUT2D eigenvalue weighted by atomic mass is 16.6. The Morgan fingerprint density at radius 3 is 2.63 bits per heavy atom. The number of unbranched alkanes of at least 4 members (excludes halogenated alkanes) is 2. The van der Waals surface area contributed by atoms with Crippen LogP contribution in [-0.2, 0) is 11.2 Å². The topological polar surface area (TPSA) is 72.2 Å². The summed E-state index contributed by atoms with van der Waals surface area (Å²) in [6.45, 7) is 4.23. The van der Waals surface area contributed by atoms with Crippen LogP contribution in [0.5, 0.6) is 0 Å². The molecule has 5 heteroatoms. The molecule has 102 valence electrons. The van der Waals surface area contributed by atoms with Crippen molar-refractivity contribution in [2.24, 2.45) is 0 Å². The van der Waals surface area contributed by atoms with Gasteiger partial charge in [0.1, 0.15) is 0 Å². The number of non-ortho nitro benzene ring substituents is 1. The minimum absolute atomic E-state index is 0.0737. The summed E-state index contributed by atoms with van der Waals surface area (Å²) in [5, 5.41) is 13.3. The van der Waals surface area contributed by atoms with Crippen LogP contribution in [0.4, 0.5) is 5.69 Å². The number of benzene rings is 1. The second-order valence-corrected chi connectivity index (χ2v) is 4.16. The van der Waals surface area contributed by atoms with Gasteiger partial charge in [0.2, 0.25) is 5.91 Å². The first-order valence-corrected chi connectivity index (χ1v) is 6.27. The van der Waals surface area contributed by atoms with Gasteiger partial charge in [-0.05, 0) is 18.4 Å². The molecule has 1 aromatic rings. The van der Waals surface area contributed by atoms with Gasteiger partial charge in [0.15, 0.2) is 0 Å². The number of nitrogens with zero attached hydrogens (tertiary/aromatic N) is 1. The second kappa shape index (κ2) is 8.24. The smallest absolute Gasteiger partial charge is 0.269 e. The fourth-order valence-electron chi connectivity index (χ4n) is 1.56. The molecule has 1 N–H and O–H groups in total. The first-order chi connectivity index (χ1) is 9.13. The van der Waals surface area contributed by atoms with Gasteiger partial charge in [-0.15, -0.1) is 0 Å². The van der Waals surface area contributed by atoms with Crippen LogP contribution in [0.25, 0.3) is 0 Å². The zero-order valence-corrected chi connectivity index (χ0v) is 10.8. The molecule has 5 nitrogen and oxygen atoms in total. The number of hydrogen-bond donors (Lipinski definition) is 1. The van der Waals surface area contributed by atoms with Crippen molar-refractivity contribution in [3.8, 4) is 0 Å². The van der Waals surface area contributed by atoms with Crippen LogP contribution in [0.15, 0.2) is 24.3 Å². The van der Waals surface area contributed by atoms with E-state index in [1.54, 1.807) is 18.6 Å². The zero-order chi connectivity index (χ0) is 14.1. The maximum atomic E-state index is 11.4. The number of amides is 1. The number of nitrogens with one attached hydrogen (secondary N) is 1. The molecule has 0 unspecified atom stereocenters. The third-order valence-corrected chi connectivity index (χ3v) is 2.64. The van der Waals surface area contributed by atoms with Crippen molar-refractivity contribution in [1.82, 2.24) is 5.32 Å². The molecule has 2 radical (unpaired) electrons. The normalized spacial score (nSPS) is 10.2. The number of nitro groups is 1. The molecule has 0 aliphatic heterocycles. The Morgan fingerprint density at radius 2 is 2.05 bits per heavy atom. The van der Waals surface area contributed by atoms with E-state index >= 15 is 0 Å².